The zero-order chi connectivity index (χ0) is 13.0. The second-order valence-electron chi connectivity index (χ2n) is 4.08. The van der Waals surface area contributed by atoms with Gasteiger partial charge in [0.05, 0.1) is 5.56 Å². The molecule has 0 N–H and O–H groups in total. The third kappa shape index (κ3) is 2.94. The summed E-state index contributed by atoms with van der Waals surface area (Å²) in [6.07, 6.45) is 0.486. The monoisotopic (exact) mass is 244 g/mol. The summed E-state index contributed by atoms with van der Waals surface area (Å²) in [7, 11) is 0. The zero-order valence-electron chi connectivity index (χ0n) is 10.0. The van der Waals surface area contributed by atoms with Crippen molar-refractivity contribution >= 4 is 6.29 Å². The first-order valence-corrected chi connectivity index (χ1v) is 5.62. The van der Waals surface area contributed by atoms with Crippen molar-refractivity contribution in [3.8, 4) is 5.75 Å². The second kappa shape index (κ2) is 5.45. The minimum Gasteiger partial charge on any atom is -0.489 e. The van der Waals surface area contributed by atoms with Gasteiger partial charge in [-0.3, -0.25) is 4.79 Å². The summed E-state index contributed by atoms with van der Waals surface area (Å²) in [5, 5.41) is 0. The number of carbonyl (C=O) groups excluding carboxylic acids is 1. The molecule has 0 aliphatic heterocycles. The van der Waals surface area contributed by atoms with Crippen molar-refractivity contribution in [1.82, 2.24) is 0 Å². The topological polar surface area (TPSA) is 26.3 Å². The zero-order valence-corrected chi connectivity index (χ0v) is 10.0. The lowest BCUT2D eigenvalue weighted by molar-refractivity contribution is 0.111. The SMILES string of the molecule is Cc1cccc(COc2ccc(C=O)c(F)c2)c1. The molecule has 0 bridgehead atoms. The van der Waals surface area contributed by atoms with Crippen LogP contribution in [0, 0.1) is 12.7 Å². The van der Waals surface area contributed by atoms with Crippen LogP contribution in [-0.4, -0.2) is 6.29 Å². The lowest BCUT2D eigenvalue weighted by Crippen LogP contribution is -1.97. The summed E-state index contributed by atoms with van der Waals surface area (Å²) in [6, 6.07) is 12.1. The molecule has 92 valence electrons. The molecule has 0 heterocycles. The van der Waals surface area contributed by atoms with Crippen molar-refractivity contribution in [2.24, 2.45) is 0 Å². The molecule has 0 spiro atoms. The lowest BCUT2D eigenvalue weighted by Gasteiger charge is -2.07. The number of rotatable bonds is 4. The van der Waals surface area contributed by atoms with Gasteiger partial charge in [0.1, 0.15) is 18.2 Å². The number of carbonyl (C=O) groups is 1. The molecule has 0 unspecified atom stereocenters. The average Bonchev–Trinajstić information content (AvgIpc) is 2.37. The van der Waals surface area contributed by atoms with Crippen LogP contribution in [0.2, 0.25) is 0 Å². The minimum absolute atomic E-state index is 0.0397. The minimum atomic E-state index is -0.563. The molecule has 0 saturated heterocycles. The summed E-state index contributed by atoms with van der Waals surface area (Å²) in [4.78, 5) is 10.5. The van der Waals surface area contributed by atoms with E-state index < -0.39 is 5.82 Å². The van der Waals surface area contributed by atoms with Crippen LogP contribution in [0.1, 0.15) is 21.5 Å². The maximum absolute atomic E-state index is 13.3. The highest BCUT2D eigenvalue weighted by molar-refractivity contribution is 5.75. The third-order valence-corrected chi connectivity index (χ3v) is 2.59. The lowest BCUT2D eigenvalue weighted by atomic mass is 10.1. The molecule has 2 aromatic carbocycles. The van der Waals surface area contributed by atoms with Crippen molar-refractivity contribution in [2.75, 3.05) is 0 Å². The molecular weight excluding hydrogens is 231 g/mol. The fraction of sp³-hybridized carbons (Fsp3) is 0.133. The Hall–Kier alpha value is -2.16. The second-order valence-corrected chi connectivity index (χ2v) is 4.08. The molecule has 0 aromatic heterocycles. The summed E-state index contributed by atoms with van der Waals surface area (Å²) >= 11 is 0. The third-order valence-electron chi connectivity index (χ3n) is 2.59. The van der Waals surface area contributed by atoms with Gasteiger partial charge < -0.3 is 4.74 Å². The number of ether oxygens (including phenoxy) is 1. The average molecular weight is 244 g/mol. The first-order valence-electron chi connectivity index (χ1n) is 5.62. The first-order chi connectivity index (χ1) is 8.69. The van der Waals surface area contributed by atoms with Gasteiger partial charge in [0.2, 0.25) is 0 Å². The van der Waals surface area contributed by atoms with Crippen LogP contribution in [0.3, 0.4) is 0 Å². The van der Waals surface area contributed by atoms with E-state index in [1.165, 1.54) is 12.1 Å². The van der Waals surface area contributed by atoms with Crippen molar-refractivity contribution < 1.29 is 13.9 Å². The Morgan fingerprint density at radius 3 is 2.72 bits per heavy atom. The molecule has 0 fully saturated rings. The van der Waals surface area contributed by atoms with Crippen molar-refractivity contribution in [2.45, 2.75) is 13.5 Å². The standard InChI is InChI=1S/C15H13FO2/c1-11-3-2-4-12(7-11)10-18-14-6-5-13(9-17)15(16)8-14/h2-9H,10H2,1H3. The molecule has 0 radical (unpaired) electrons. The summed E-state index contributed by atoms with van der Waals surface area (Å²) in [5.41, 5.74) is 2.21. The number of hydrogen-bond acceptors (Lipinski definition) is 2. The molecule has 2 nitrogen and oxygen atoms in total. The van der Waals surface area contributed by atoms with Crippen LogP contribution < -0.4 is 4.74 Å². The normalized spacial score (nSPS) is 10.1. The number of benzene rings is 2. The first kappa shape index (κ1) is 12.3. The number of aldehydes is 1. The van der Waals surface area contributed by atoms with E-state index in [1.54, 1.807) is 6.07 Å². The predicted molar refractivity (Wildman–Crippen MR) is 67.3 cm³/mol. The van der Waals surface area contributed by atoms with Crippen molar-refractivity contribution in [1.29, 1.82) is 0 Å². The van der Waals surface area contributed by atoms with Crippen LogP contribution >= 0.6 is 0 Å². The molecule has 0 aliphatic rings. The van der Waals surface area contributed by atoms with Crippen molar-refractivity contribution in [3.05, 3.63) is 65.0 Å². The Balaban J connectivity index is 2.06. The van der Waals surface area contributed by atoms with Crippen LogP contribution in [0.25, 0.3) is 0 Å². The number of hydrogen-bond donors (Lipinski definition) is 0. The van der Waals surface area contributed by atoms with Crippen molar-refractivity contribution in [3.63, 3.8) is 0 Å². The molecular formula is C15H13FO2. The van der Waals surface area contributed by atoms with Crippen LogP contribution in [-0.2, 0) is 6.61 Å². The summed E-state index contributed by atoms with van der Waals surface area (Å²) in [6.45, 7) is 2.38. The van der Waals surface area contributed by atoms with Gasteiger partial charge in [0.15, 0.2) is 6.29 Å². The molecule has 2 aromatic rings. The Labute approximate surface area is 105 Å². The summed E-state index contributed by atoms with van der Waals surface area (Å²) in [5.74, 6) is -0.147. The maximum Gasteiger partial charge on any atom is 0.152 e. The quantitative estimate of drug-likeness (QED) is 0.769. The van der Waals surface area contributed by atoms with Gasteiger partial charge in [0.25, 0.3) is 0 Å². The highest BCUT2D eigenvalue weighted by Gasteiger charge is 2.03. The molecule has 0 saturated carbocycles. The largest absolute Gasteiger partial charge is 0.489 e. The van der Waals surface area contributed by atoms with Crippen LogP contribution in [0.4, 0.5) is 4.39 Å². The van der Waals surface area contributed by atoms with E-state index in [2.05, 4.69) is 0 Å². The predicted octanol–water partition coefficient (Wildman–Crippen LogP) is 3.53. The Bertz CT molecular complexity index is 564. The number of halogens is 1. The highest BCUT2D eigenvalue weighted by Crippen LogP contribution is 2.17. The molecule has 0 atom stereocenters. The van der Waals surface area contributed by atoms with E-state index in [0.29, 0.717) is 18.6 Å². The Kier molecular flexibility index (Phi) is 3.72. The van der Waals surface area contributed by atoms with Crippen LogP contribution in [0.15, 0.2) is 42.5 Å². The van der Waals surface area contributed by atoms with Gasteiger partial charge in [-0.25, -0.2) is 4.39 Å². The molecule has 2 rings (SSSR count). The van der Waals surface area contributed by atoms with E-state index >= 15 is 0 Å². The fourth-order valence-corrected chi connectivity index (χ4v) is 1.66. The number of aryl methyl sites for hydroxylation is 1. The molecule has 3 heteroatoms. The fourth-order valence-electron chi connectivity index (χ4n) is 1.66. The Morgan fingerprint density at radius 2 is 2.06 bits per heavy atom. The smallest absolute Gasteiger partial charge is 0.152 e. The van der Waals surface area contributed by atoms with Gasteiger partial charge in [-0.05, 0) is 24.6 Å². The van der Waals surface area contributed by atoms with E-state index in [1.807, 2.05) is 31.2 Å². The van der Waals surface area contributed by atoms with Gasteiger partial charge in [-0.15, -0.1) is 0 Å². The van der Waals surface area contributed by atoms with E-state index in [0.717, 1.165) is 11.1 Å². The molecule has 0 amide bonds. The van der Waals surface area contributed by atoms with Gasteiger partial charge in [-0.1, -0.05) is 29.8 Å². The van der Waals surface area contributed by atoms with Gasteiger partial charge in [0, 0.05) is 6.07 Å². The van der Waals surface area contributed by atoms with Gasteiger partial charge in [-0.2, -0.15) is 0 Å². The molecule has 18 heavy (non-hydrogen) atoms. The molecule has 0 aliphatic carbocycles. The highest BCUT2D eigenvalue weighted by atomic mass is 19.1. The van der Waals surface area contributed by atoms with Gasteiger partial charge >= 0.3 is 0 Å². The summed E-state index contributed by atoms with van der Waals surface area (Å²) < 4.78 is 18.8. The van der Waals surface area contributed by atoms with E-state index in [-0.39, 0.29) is 5.56 Å². The van der Waals surface area contributed by atoms with E-state index in [9.17, 15) is 9.18 Å². The van der Waals surface area contributed by atoms with Crippen LogP contribution in [0.5, 0.6) is 5.75 Å². The Morgan fingerprint density at radius 1 is 1.22 bits per heavy atom. The van der Waals surface area contributed by atoms with E-state index in [4.69, 9.17) is 4.74 Å². The maximum atomic E-state index is 13.3.